The average molecular weight is 527 g/mol. The molecule has 2 amide bonds. The van der Waals surface area contributed by atoms with Crippen LogP contribution < -0.4 is 10.2 Å². The Bertz CT molecular complexity index is 1540. The van der Waals surface area contributed by atoms with Crippen molar-refractivity contribution in [3.63, 3.8) is 0 Å². The van der Waals surface area contributed by atoms with Gasteiger partial charge in [0.25, 0.3) is 6.01 Å². The third-order valence-electron chi connectivity index (χ3n) is 7.36. The SMILES string of the molecule is CC(=O)N1CC(C(=O)O)C(c2ccc(N(C)C(=O)Cc3ccc4nc(Nc5ccccc5C)oc4c3)cc2)C1. The minimum atomic E-state index is -0.915. The lowest BCUT2D eigenvalue weighted by atomic mass is 9.89. The zero-order chi connectivity index (χ0) is 27.7. The number of aryl methyl sites for hydroxylation is 1. The number of aromatic nitrogens is 1. The number of amides is 2. The van der Waals surface area contributed by atoms with E-state index in [9.17, 15) is 19.5 Å². The van der Waals surface area contributed by atoms with Crippen LogP contribution in [0.1, 0.15) is 29.5 Å². The molecule has 1 aliphatic rings. The molecule has 0 bridgehead atoms. The van der Waals surface area contributed by atoms with Crippen LogP contribution in [0.4, 0.5) is 17.4 Å². The molecule has 2 heterocycles. The zero-order valence-corrected chi connectivity index (χ0v) is 22.0. The second kappa shape index (κ2) is 10.6. The Labute approximate surface area is 226 Å². The van der Waals surface area contributed by atoms with E-state index >= 15 is 0 Å². The molecule has 3 aromatic carbocycles. The number of likely N-dealkylation sites (tertiary alicyclic amines) is 1. The van der Waals surface area contributed by atoms with Crippen LogP contribution >= 0.6 is 0 Å². The van der Waals surface area contributed by atoms with E-state index in [1.54, 1.807) is 16.8 Å². The molecular formula is C30H30N4O5. The van der Waals surface area contributed by atoms with Gasteiger partial charge in [0.2, 0.25) is 11.8 Å². The molecule has 1 saturated heterocycles. The number of carbonyl (C=O) groups excluding carboxylic acids is 2. The summed E-state index contributed by atoms with van der Waals surface area (Å²) >= 11 is 0. The third kappa shape index (κ3) is 5.47. The smallest absolute Gasteiger partial charge is 0.308 e. The first-order valence-electron chi connectivity index (χ1n) is 12.8. The summed E-state index contributed by atoms with van der Waals surface area (Å²) in [5.74, 6) is -2.10. The summed E-state index contributed by atoms with van der Waals surface area (Å²) in [7, 11) is 1.71. The summed E-state index contributed by atoms with van der Waals surface area (Å²) in [4.78, 5) is 44.3. The topological polar surface area (TPSA) is 116 Å². The first kappa shape index (κ1) is 26.0. The van der Waals surface area contributed by atoms with Crippen molar-refractivity contribution in [1.82, 2.24) is 9.88 Å². The van der Waals surface area contributed by atoms with Gasteiger partial charge in [-0.3, -0.25) is 14.4 Å². The standard InChI is InChI=1S/C30H30N4O5/c1-18-6-4-5-7-25(18)31-30-32-26-13-8-20(14-27(26)39-30)15-28(36)33(3)22-11-9-21(10-12-22)23-16-34(19(2)35)17-24(23)29(37)38/h4-14,23-24H,15-17H2,1-3H3,(H,31,32)(H,37,38). The number of carboxylic acid groups (broad SMARTS) is 1. The molecule has 0 radical (unpaired) electrons. The average Bonchev–Trinajstić information content (AvgIpc) is 3.54. The first-order valence-corrected chi connectivity index (χ1v) is 12.8. The fraction of sp³-hybridized carbons (Fsp3) is 0.267. The van der Waals surface area contributed by atoms with Gasteiger partial charge in [0, 0.05) is 44.4 Å². The number of rotatable bonds is 7. The zero-order valence-electron chi connectivity index (χ0n) is 22.0. The summed E-state index contributed by atoms with van der Waals surface area (Å²) in [6, 6.07) is 21.1. The Hall–Kier alpha value is -4.66. The molecule has 1 aliphatic heterocycles. The molecule has 9 heteroatoms. The van der Waals surface area contributed by atoms with Crippen molar-refractivity contribution in [3.05, 3.63) is 83.4 Å². The predicted molar refractivity (Wildman–Crippen MR) is 148 cm³/mol. The maximum absolute atomic E-state index is 13.1. The number of oxazole rings is 1. The van der Waals surface area contributed by atoms with Crippen molar-refractivity contribution in [1.29, 1.82) is 0 Å². The summed E-state index contributed by atoms with van der Waals surface area (Å²) in [5, 5.41) is 12.8. The Balaban J connectivity index is 1.26. The minimum absolute atomic E-state index is 0.105. The number of aliphatic carboxylic acids is 1. The Morgan fingerprint density at radius 3 is 2.51 bits per heavy atom. The van der Waals surface area contributed by atoms with E-state index in [2.05, 4.69) is 10.3 Å². The van der Waals surface area contributed by atoms with E-state index < -0.39 is 11.9 Å². The maximum Gasteiger partial charge on any atom is 0.308 e. The number of anilines is 3. The van der Waals surface area contributed by atoms with Gasteiger partial charge in [-0.15, -0.1) is 0 Å². The molecule has 2 N–H and O–H groups in total. The van der Waals surface area contributed by atoms with Gasteiger partial charge in [-0.1, -0.05) is 36.4 Å². The maximum atomic E-state index is 13.1. The monoisotopic (exact) mass is 526 g/mol. The molecule has 0 aliphatic carbocycles. The second-order valence-electron chi connectivity index (χ2n) is 9.96. The van der Waals surface area contributed by atoms with Crippen molar-refractivity contribution in [2.75, 3.05) is 30.4 Å². The Kier molecular flexibility index (Phi) is 7.06. The summed E-state index contributed by atoms with van der Waals surface area (Å²) in [5.41, 5.74) is 5.60. The fourth-order valence-electron chi connectivity index (χ4n) is 4.99. The molecule has 200 valence electrons. The molecule has 39 heavy (non-hydrogen) atoms. The van der Waals surface area contributed by atoms with Crippen LogP contribution in [-0.2, 0) is 20.8 Å². The first-order chi connectivity index (χ1) is 18.7. The number of carbonyl (C=O) groups is 3. The lowest BCUT2D eigenvalue weighted by Crippen LogP contribution is -2.28. The van der Waals surface area contributed by atoms with Crippen LogP contribution in [0, 0.1) is 12.8 Å². The highest BCUT2D eigenvalue weighted by Crippen LogP contribution is 2.34. The second-order valence-corrected chi connectivity index (χ2v) is 9.96. The van der Waals surface area contributed by atoms with Crippen molar-refractivity contribution >= 4 is 46.3 Å². The number of hydrogen-bond donors (Lipinski definition) is 2. The minimum Gasteiger partial charge on any atom is -0.481 e. The van der Waals surface area contributed by atoms with Crippen molar-refractivity contribution in [2.24, 2.45) is 5.92 Å². The van der Waals surface area contributed by atoms with Gasteiger partial charge >= 0.3 is 5.97 Å². The number of nitrogens with zero attached hydrogens (tertiary/aromatic N) is 3. The quantitative estimate of drug-likeness (QED) is 0.358. The molecule has 5 rings (SSSR count). The number of para-hydroxylation sites is 1. The van der Waals surface area contributed by atoms with Crippen LogP contribution in [-0.4, -0.2) is 52.9 Å². The van der Waals surface area contributed by atoms with Gasteiger partial charge < -0.3 is 24.6 Å². The van der Waals surface area contributed by atoms with E-state index in [1.165, 1.54) is 6.92 Å². The van der Waals surface area contributed by atoms with Crippen LogP contribution in [0.3, 0.4) is 0 Å². The third-order valence-corrected chi connectivity index (χ3v) is 7.36. The van der Waals surface area contributed by atoms with Crippen LogP contribution in [0.25, 0.3) is 11.1 Å². The highest BCUT2D eigenvalue weighted by atomic mass is 16.4. The fourth-order valence-corrected chi connectivity index (χ4v) is 4.99. The number of fused-ring (bicyclic) bond motifs is 1. The largest absolute Gasteiger partial charge is 0.481 e. The summed E-state index contributed by atoms with van der Waals surface area (Å²) in [6.45, 7) is 4.02. The van der Waals surface area contributed by atoms with Crippen LogP contribution in [0.15, 0.2) is 71.1 Å². The van der Waals surface area contributed by atoms with Crippen molar-refractivity contribution in [2.45, 2.75) is 26.2 Å². The molecule has 2 atom stereocenters. The molecule has 1 aromatic heterocycles. The van der Waals surface area contributed by atoms with Crippen molar-refractivity contribution in [3.8, 4) is 0 Å². The molecule has 4 aromatic rings. The summed E-state index contributed by atoms with van der Waals surface area (Å²) < 4.78 is 5.89. The molecular weight excluding hydrogens is 496 g/mol. The number of likely N-dealkylation sites (N-methyl/N-ethyl adjacent to an activating group) is 1. The molecule has 2 unspecified atom stereocenters. The van der Waals surface area contributed by atoms with Gasteiger partial charge in [0.05, 0.1) is 12.3 Å². The molecule has 1 fully saturated rings. The van der Waals surface area contributed by atoms with Gasteiger partial charge in [0.1, 0.15) is 5.52 Å². The highest BCUT2D eigenvalue weighted by Gasteiger charge is 2.39. The van der Waals surface area contributed by atoms with Crippen LogP contribution in [0.2, 0.25) is 0 Å². The highest BCUT2D eigenvalue weighted by molar-refractivity contribution is 5.94. The van der Waals surface area contributed by atoms with Crippen molar-refractivity contribution < 1.29 is 23.9 Å². The van der Waals surface area contributed by atoms with E-state index in [0.717, 1.165) is 22.4 Å². The lowest BCUT2D eigenvalue weighted by molar-refractivity contribution is -0.141. The molecule has 0 spiro atoms. The normalized spacial score (nSPS) is 16.8. The molecule has 0 saturated carbocycles. The van der Waals surface area contributed by atoms with E-state index in [1.807, 2.05) is 73.7 Å². The number of benzene rings is 3. The number of carboxylic acids is 1. The van der Waals surface area contributed by atoms with Gasteiger partial charge in [0.15, 0.2) is 5.58 Å². The van der Waals surface area contributed by atoms with E-state index in [0.29, 0.717) is 29.3 Å². The van der Waals surface area contributed by atoms with Gasteiger partial charge in [-0.2, -0.15) is 4.98 Å². The van der Waals surface area contributed by atoms with E-state index in [4.69, 9.17) is 4.42 Å². The lowest BCUT2D eigenvalue weighted by Gasteiger charge is -2.20. The van der Waals surface area contributed by atoms with E-state index in [-0.39, 0.29) is 30.7 Å². The Morgan fingerprint density at radius 1 is 1.08 bits per heavy atom. The predicted octanol–water partition coefficient (Wildman–Crippen LogP) is 4.73. The molecule has 9 nitrogen and oxygen atoms in total. The Morgan fingerprint density at radius 2 is 1.82 bits per heavy atom. The number of nitrogens with one attached hydrogen (secondary N) is 1. The number of hydrogen-bond acceptors (Lipinski definition) is 6. The summed E-state index contributed by atoms with van der Waals surface area (Å²) in [6.07, 6.45) is 0.173. The van der Waals surface area contributed by atoms with Gasteiger partial charge in [-0.05, 0) is 53.9 Å². The van der Waals surface area contributed by atoms with Crippen LogP contribution in [0.5, 0.6) is 0 Å². The van der Waals surface area contributed by atoms with Gasteiger partial charge in [-0.25, -0.2) is 0 Å².